The highest BCUT2D eigenvalue weighted by Crippen LogP contribution is 2.26. The minimum atomic E-state index is -0.449. The van der Waals surface area contributed by atoms with E-state index in [0.29, 0.717) is 18.1 Å². The minimum absolute atomic E-state index is 0.197. The lowest BCUT2D eigenvalue weighted by molar-refractivity contribution is -0.129. The maximum atomic E-state index is 12.0. The van der Waals surface area contributed by atoms with Gasteiger partial charge in [0.05, 0.1) is 13.0 Å². The van der Waals surface area contributed by atoms with Crippen LogP contribution in [0.25, 0.3) is 0 Å². The molecule has 0 aliphatic heterocycles. The standard InChI is InChI=1S/C22H28N2O4/c1-3-5-8-17-11-13-18(14-12-17)15-21(25)23-24-22(26)16-28-20-10-7-6-9-19(20)27-4-2/h6-7,9-14H,3-5,8,15-16H2,1-2H3,(H,23,25)(H,24,26). The van der Waals surface area contributed by atoms with Crippen molar-refractivity contribution in [3.63, 3.8) is 0 Å². The molecule has 0 heterocycles. The highest BCUT2D eigenvalue weighted by Gasteiger charge is 2.09. The first-order valence-corrected chi connectivity index (χ1v) is 9.62. The van der Waals surface area contributed by atoms with Gasteiger partial charge in [0.15, 0.2) is 18.1 Å². The number of carbonyl (C=O) groups excluding carboxylic acids is 2. The quantitative estimate of drug-likeness (QED) is 0.617. The van der Waals surface area contributed by atoms with E-state index >= 15 is 0 Å². The van der Waals surface area contributed by atoms with Crippen molar-refractivity contribution < 1.29 is 19.1 Å². The number of unbranched alkanes of at least 4 members (excludes halogenated alkanes) is 1. The molecule has 0 unspecified atom stereocenters. The molecule has 0 saturated heterocycles. The van der Waals surface area contributed by atoms with Crippen LogP contribution in [0.4, 0.5) is 0 Å². The molecule has 0 fully saturated rings. The Hall–Kier alpha value is -3.02. The van der Waals surface area contributed by atoms with Crippen molar-refractivity contribution in [3.8, 4) is 11.5 Å². The largest absolute Gasteiger partial charge is 0.490 e. The lowest BCUT2D eigenvalue weighted by atomic mass is 10.0. The average molecular weight is 384 g/mol. The van der Waals surface area contributed by atoms with E-state index in [-0.39, 0.29) is 18.9 Å². The summed E-state index contributed by atoms with van der Waals surface area (Å²) < 4.78 is 10.9. The number of aryl methyl sites for hydroxylation is 1. The van der Waals surface area contributed by atoms with Crippen LogP contribution in [-0.2, 0) is 22.4 Å². The van der Waals surface area contributed by atoms with Crippen molar-refractivity contribution in [1.82, 2.24) is 10.9 Å². The monoisotopic (exact) mass is 384 g/mol. The number of amides is 2. The first-order chi connectivity index (χ1) is 13.6. The molecule has 6 nitrogen and oxygen atoms in total. The highest BCUT2D eigenvalue weighted by atomic mass is 16.5. The van der Waals surface area contributed by atoms with Crippen LogP contribution < -0.4 is 20.3 Å². The number of para-hydroxylation sites is 2. The molecule has 0 atom stereocenters. The Morgan fingerprint density at radius 2 is 1.43 bits per heavy atom. The van der Waals surface area contributed by atoms with E-state index in [0.717, 1.165) is 24.8 Å². The van der Waals surface area contributed by atoms with Crippen LogP contribution in [0.2, 0.25) is 0 Å². The van der Waals surface area contributed by atoms with Gasteiger partial charge in [0.2, 0.25) is 5.91 Å². The first kappa shape index (κ1) is 21.3. The fourth-order valence-electron chi connectivity index (χ4n) is 2.60. The van der Waals surface area contributed by atoms with Crippen LogP contribution >= 0.6 is 0 Å². The van der Waals surface area contributed by atoms with Crippen molar-refractivity contribution in [2.24, 2.45) is 0 Å². The van der Waals surface area contributed by atoms with Crippen LogP contribution in [0.5, 0.6) is 11.5 Å². The van der Waals surface area contributed by atoms with Gasteiger partial charge in [0, 0.05) is 0 Å². The van der Waals surface area contributed by atoms with Crippen LogP contribution in [0.1, 0.15) is 37.8 Å². The van der Waals surface area contributed by atoms with E-state index in [9.17, 15) is 9.59 Å². The van der Waals surface area contributed by atoms with Gasteiger partial charge in [-0.3, -0.25) is 20.4 Å². The Labute approximate surface area is 166 Å². The molecule has 0 saturated carbocycles. The number of rotatable bonds is 10. The molecule has 2 N–H and O–H groups in total. The topological polar surface area (TPSA) is 76.7 Å². The lowest BCUT2D eigenvalue weighted by Crippen LogP contribution is -2.44. The Kier molecular flexibility index (Phi) is 8.85. The SMILES string of the molecule is CCCCc1ccc(CC(=O)NNC(=O)COc2ccccc2OCC)cc1. The van der Waals surface area contributed by atoms with Gasteiger partial charge in [0.25, 0.3) is 5.91 Å². The van der Waals surface area contributed by atoms with E-state index < -0.39 is 5.91 Å². The third-order valence-electron chi connectivity index (χ3n) is 4.06. The highest BCUT2D eigenvalue weighted by molar-refractivity contribution is 5.83. The molecule has 0 aliphatic rings. The van der Waals surface area contributed by atoms with Gasteiger partial charge >= 0.3 is 0 Å². The number of hydrogen-bond acceptors (Lipinski definition) is 4. The summed E-state index contributed by atoms with van der Waals surface area (Å²) in [6.45, 7) is 4.31. The normalized spacial score (nSPS) is 10.2. The van der Waals surface area contributed by atoms with Crippen molar-refractivity contribution in [2.45, 2.75) is 39.5 Å². The molecule has 2 aromatic rings. The third-order valence-corrected chi connectivity index (χ3v) is 4.06. The Morgan fingerprint density at radius 1 is 0.821 bits per heavy atom. The van der Waals surface area contributed by atoms with E-state index in [1.165, 1.54) is 5.56 Å². The number of hydrogen-bond donors (Lipinski definition) is 2. The minimum Gasteiger partial charge on any atom is -0.490 e. The van der Waals surface area contributed by atoms with Gasteiger partial charge in [-0.25, -0.2) is 0 Å². The number of hydrazine groups is 1. The van der Waals surface area contributed by atoms with Gasteiger partial charge < -0.3 is 9.47 Å². The molecule has 0 radical (unpaired) electrons. The summed E-state index contributed by atoms with van der Waals surface area (Å²) in [5.74, 6) is 0.317. The molecular weight excluding hydrogens is 356 g/mol. The van der Waals surface area contributed by atoms with Crippen molar-refractivity contribution >= 4 is 11.8 Å². The van der Waals surface area contributed by atoms with Gasteiger partial charge in [-0.15, -0.1) is 0 Å². The zero-order chi connectivity index (χ0) is 20.2. The predicted molar refractivity (Wildman–Crippen MR) is 108 cm³/mol. The van der Waals surface area contributed by atoms with Gasteiger partial charge in [-0.2, -0.15) is 0 Å². The fraction of sp³-hybridized carbons (Fsp3) is 0.364. The average Bonchev–Trinajstić information content (AvgIpc) is 2.71. The van der Waals surface area contributed by atoms with Crippen molar-refractivity contribution in [2.75, 3.05) is 13.2 Å². The summed E-state index contributed by atoms with van der Waals surface area (Å²) in [6, 6.07) is 15.1. The maximum Gasteiger partial charge on any atom is 0.276 e. The van der Waals surface area contributed by atoms with Gasteiger partial charge in [-0.1, -0.05) is 49.7 Å². The zero-order valence-corrected chi connectivity index (χ0v) is 16.5. The number of nitrogens with one attached hydrogen (secondary N) is 2. The first-order valence-electron chi connectivity index (χ1n) is 9.62. The molecule has 0 aromatic heterocycles. The van der Waals surface area contributed by atoms with E-state index in [1.54, 1.807) is 18.2 Å². The van der Waals surface area contributed by atoms with E-state index in [2.05, 4.69) is 17.8 Å². The molecule has 0 aliphatic carbocycles. The molecule has 2 amide bonds. The van der Waals surface area contributed by atoms with Crippen molar-refractivity contribution in [3.05, 3.63) is 59.7 Å². The number of ether oxygens (including phenoxy) is 2. The second kappa shape index (κ2) is 11.6. The smallest absolute Gasteiger partial charge is 0.276 e. The molecular formula is C22H28N2O4. The molecule has 28 heavy (non-hydrogen) atoms. The van der Waals surface area contributed by atoms with Crippen LogP contribution in [0.3, 0.4) is 0 Å². The molecule has 2 rings (SSSR count). The van der Waals surface area contributed by atoms with Crippen LogP contribution in [-0.4, -0.2) is 25.0 Å². The summed E-state index contributed by atoms with van der Waals surface area (Å²) in [6.07, 6.45) is 3.56. The fourth-order valence-corrected chi connectivity index (χ4v) is 2.60. The Balaban J connectivity index is 1.73. The molecule has 0 spiro atoms. The summed E-state index contributed by atoms with van der Waals surface area (Å²) >= 11 is 0. The number of carbonyl (C=O) groups is 2. The van der Waals surface area contributed by atoms with Gasteiger partial charge in [-0.05, 0) is 43.0 Å². The molecule has 150 valence electrons. The lowest BCUT2D eigenvalue weighted by Gasteiger charge is -2.12. The predicted octanol–water partition coefficient (Wildman–Crippen LogP) is 3.20. The second-order valence-corrected chi connectivity index (χ2v) is 6.36. The molecule has 6 heteroatoms. The Morgan fingerprint density at radius 3 is 2.07 bits per heavy atom. The van der Waals surface area contributed by atoms with Gasteiger partial charge in [0.1, 0.15) is 0 Å². The Bertz CT molecular complexity index is 759. The summed E-state index contributed by atoms with van der Waals surface area (Å²) in [7, 11) is 0. The molecule has 2 aromatic carbocycles. The van der Waals surface area contributed by atoms with Crippen LogP contribution in [0, 0.1) is 0 Å². The second-order valence-electron chi connectivity index (χ2n) is 6.36. The third kappa shape index (κ3) is 7.31. The maximum absolute atomic E-state index is 12.0. The number of benzene rings is 2. The summed E-state index contributed by atoms with van der Waals surface area (Å²) in [5, 5.41) is 0. The van der Waals surface area contributed by atoms with E-state index in [4.69, 9.17) is 9.47 Å². The van der Waals surface area contributed by atoms with E-state index in [1.807, 2.05) is 37.3 Å². The van der Waals surface area contributed by atoms with Crippen LogP contribution in [0.15, 0.2) is 48.5 Å². The zero-order valence-electron chi connectivity index (χ0n) is 16.5. The molecule has 0 bridgehead atoms. The summed E-state index contributed by atoms with van der Waals surface area (Å²) in [5.41, 5.74) is 6.93. The summed E-state index contributed by atoms with van der Waals surface area (Å²) in [4.78, 5) is 23.9. The van der Waals surface area contributed by atoms with Crippen molar-refractivity contribution in [1.29, 1.82) is 0 Å².